The van der Waals surface area contributed by atoms with Gasteiger partial charge in [0, 0.05) is 13.5 Å². The average Bonchev–Trinajstić information content (AvgIpc) is 2.09. The van der Waals surface area contributed by atoms with E-state index in [-0.39, 0.29) is 12.7 Å². The molecule has 0 aromatic carbocycles. The van der Waals surface area contributed by atoms with Gasteiger partial charge in [0.1, 0.15) is 6.10 Å². The summed E-state index contributed by atoms with van der Waals surface area (Å²) < 4.78 is 10.1. The molecule has 2 unspecified atom stereocenters. The zero-order valence-corrected chi connectivity index (χ0v) is 7.01. The average molecular weight is 172 g/mol. The summed E-state index contributed by atoms with van der Waals surface area (Å²) in [6.07, 6.45) is -2.24. The molecular formula is C7H13BO4. The minimum absolute atomic E-state index is 0.179. The molecule has 68 valence electrons. The van der Waals surface area contributed by atoms with Crippen LogP contribution in [0.25, 0.3) is 0 Å². The molecule has 4 atom stereocenters. The van der Waals surface area contributed by atoms with Crippen LogP contribution >= 0.6 is 0 Å². The molecule has 0 bridgehead atoms. The summed E-state index contributed by atoms with van der Waals surface area (Å²) in [4.78, 5) is 0. The Bertz CT molecular complexity index is 143. The Morgan fingerprint density at radius 1 is 1.58 bits per heavy atom. The van der Waals surface area contributed by atoms with Crippen molar-refractivity contribution < 1.29 is 19.7 Å². The monoisotopic (exact) mass is 172 g/mol. The number of aliphatic hydroxyl groups is 2. The lowest BCUT2D eigenvalue weighted by molar-refractivity contribution is -0.236. The van der Waals surface area contributed by atoms with Gasteiger partial charge in [-0.05, 0) is 0 Å². The first kappa shape index (κ1) is 9.99. The largest absolute Gasteiger partial charge is 0.390 e. The second-order valence-electron chi connectivity index (χ2n) is 2.87. The van der Waals surface area contributed by atoms with E-state index in [0.717, 1.165) is 0 Å². The zero-order chi connectivity index (χ0) is 9.14. The smallest absolute Gasteiger partial charge is 0.160 e. The molecule has 4 nitrogen and oxygen atoms in total. The molecule has 1 saturated heterocycles. The van der Waals surface area contributed by atoms with E-state index in [1.807, 2.05) is 0 Å². The van der Waals surface area contributed by atoms with E-state index in [1.165, 1.54) is 7.11 Å². The van der Waals surface area contributed by atoms with Gasteiger partial charge in [-0.15, -0.1) is 0 Å². The highest BCUT2D eigenvalue weighted by Gasteiger charge is 2.35. The molecule has 2 radical (unpaired) electrons. The summed E-state index contributed by atoms with van der Waals surface area (Å²) in [5.41, 5.74) is 0. The molecule has 0 saturated carbocycles. The van der Waals surface area contributed by atoms with Crippen molar-refractivity contribution in [1.82, 2.24) is 0 Å². The van der Waals surface area contributed by atoms with Crippen molar-refractivity contribution in [3.05, 3.63) is 0 Å². The Labute approximate surface area is 72.9 Å². The molecule has 1 aliphatic rings. The van der Waals surface area contributed by atoms with Gasteiger partial charge in [0.15, 0.2) is 6.29 Å². The molecule has 0 amide bonds. The fourth-order valence-electron chi connectivity index (χ4n) is 1.26. The topological polar surface area (TPSA) is 58.9 Å². The van der Waals surface area contributed by atoms with Gasteiger partial charge in [-0.3, -0.25) is 0 Å². The normalized spacial score (nSPS) is 42.9. The van der Waals surface area contributed by atoms with Gasteiger partial charge in [0.2, 0.25) is 0 Å². The highest BCUT2D eigenvalue weighted by atomic mass is 16.7. The number of rotatable bonds is 2. The van der Waals surface area contributed by atoms with Crippen molar-refractivity contribution in [3.63, 3.8) is 0 Å². The van der Waals surface area contributed by atoms with Crippen LogP contribution in [0.1, 0.15) is 6.42 Å². The predicted octanol–water partition coefficient (Wildman–Crippen LogP) is -0.944. The summed E-state index contributed by atoms with van der Waals surface area (Å²) in [5.74, 6) is 0. The molecule has 1 heterocycles. The molecule has 1 aliphatic heterocycles. The fraction of sp³-hybridized carbons (Fsp3) is 1.00. The van der Waals surface area contributed by atoms with Gasteiger partial charge in [-0.25, -0.2) is 0 Å². The van der Waals surface area contributed by atoms with E-state index in [2.05, 4.69) is 0 Å². The lowest BCUT2D eigenvalue weighted by Crippen LogP contribution is -2.48. The van der Waals surface area contributed by atoms with Gasteiger partial charge in [-0.1, -0.05) is 6.32 Å². The lowest BCUT2D eigenvalue weighted by Gasteiger charge is -2.36. The third kappa shape index (κ3) is 1.98. The van der Waals surface area contributed by atoms with Crippen LogP contribution in [0, 0.1) is 0 Å². The van der Waals surface area contributed by atoms with Crippen LogP contribution < -0.4 is 0 Å². The summed E-state index contributed by atoms with van der Waals surface area (Å²) in [6.45, 7) is 0. The van der Waals surface area contributed by atoms with E-state index >= 15 is 0 Å². The Hall–Kier alpha value is -0.0951. The third-order valence-electron chi connectivity index (χ3n) is 2.03. The first-order valence-corrected chi connectivity index (χ1v) is 3.93. The second kappa shape index (κ2) is 4.23. The summed E-state index contributed by atoms with van der Waals surface area (Å²) in [5, 5.41) is 18.7. The molecular weight excluding hydrogens is 159 g/mol. The highest BCUT2D eigenvalue weighted by molar-refractivity contribution is 6.08. The number of ether oxygens (including phenoxy) is 2. The van der Waals surface area contributed by atoms with Crippen LogP contribution in [-0.4, -0.2) is 49.8 Å². The van der Waals surface area contributed by atoms with Crippen LogP contribution in [-0.2, 0) is 9.47 Å². The fourth-order valence-corrected chi connectivity index (χ4v) is 1.26. The Morgan fingerprint density at radius 2 is 2.25 bits per heavy atom. The van der Waals surface area contributed by atoms with Crippen LogP contribution in [0.5, 0.6) is 0 Å². The van der Waals surface area contributed by atoms with Crippen LogP contribution in [0.3, 0.4) is 0 Å². The lowest BCUT2D eigenvalue weighted by atomic mass is 9.90. The minimum atomic E-state index is -0.901. The van der Waals surface area contributed by atoms with Crippen molar-refractivity contribution >= 4 is 7.85 Å². The molecule has 5 heteroatoms. The standard InChI is InChI=1S/C7H13BO4/c1-11-6-2-4(9)7(10)5(3-8)12-6/h4-7,9-10H,2-3H2,1H3/t4-,5?,6?,7+/m1/s1. The molecule has 0 aromatic heterocycles. The van der Waals surface area contributed by atoms with Crippen LogP contribution in [0.4, 0.5) is 0 Å². The van der Waals surface area contributed by atoms with Crippen molar-refractivity contribution in [2.75, 3.05) is 7.11 Å². The maximum atomic E-state index is 9.34. The third-order valence-corrected chi connectivity index (χ3v) is 2.03. The number of aliphatic hydroxyl groups excluding tert-OH is 2. The summed E-state index contributed by atoms with van der Waals surface area (Å²) in [6, 6.07) is 0. The van der Waals surface area contributed by atoms with Crippen LogP contribution in [0.2, 0.25) is 6.32 Å². The number of hydrogen-bond donors (Lipinski definition) is 2. The van der Waals surface area contributed by atoms with E-state index in [1.54, 1.807) is 0 Å². The van der Waals surface area contributed by atoms with Gasteiger partial charge >= 0.3 is 0 Å². The maximum absolute atomic E-state index is 9.34. The predicted molar refractivity (Wildman–Crippen MR) is 42.9 cm³/mol. The Balaban J connectivity index is 2.52. The zero-order valence-electron chi connectivity index (χ0n) is 7.01. The second-order valence-corrected chi connectivity index (χ2v) is 2.87. The van der Waals surface area contributed by atoms with Crippen molar-refractivity contribution in [1.29, 1.82) is 0 Å². The van der Waals surface area contributed by atoms with E-state index in [0.29, 0.717) is 0 Å². The van der Waals surface area contributed by atoms with Crippen LogP contribution in [0.15, 0.2) is 0 Å². The van der Waals surface area contributed by atoms with E-state index < -0.39 is 24.6 Å². The Kier molecular flexibility index (Phi) is 3.52. The summed E-state index contributed by atoms with van der Waals surface area (Å²) >= 11 is 0. The first-order valence-electron chi connectivity index (χ1n) is 3.93. The van der Waals surface area contributed by atoms with Crippen molar-refractivity contribution in [3.8, 4) is 0 Å². The minimum Gasteiger partial charge on any atom is -0.390 e. The van der Waals surface area contributed by atoms with Gasteiger partial charge in [0.25, 0.3) is 0 Å². The molecule has 1 rings (SSSR count). The SMILES string of the molecule is [B]CC1OC(OC)C[C@@H](O)[C@@H]1O. The molecule has 0 aromatic rings. The van der Waals surface area contributed by atoms with E-state index in [4.69, 9.17) is 17.3 Å². The Morgan fingerprint density at radius 3 is 2.75 bits per heavy atom. The number of hydrogen-bond acceptors (Lipinski definition) is 4. The number of methoxy groups -OCH3 is 1. The molecule has 1 fully saturated rings. The van der Waals surface area contributed by atoms with Gasteiger partial charge in [0.05, 0.1) is 20.1 Å². The van der Waals surface area contributed by atoms with Gasteiger partial charge in [-0.2, -0.15) is 0 Å². The molecule has 12 heavy (non-hydrogen) atoms. The molecule has 0 spiro atoms. The molecule has 2 N–H and O–H groups in total. The molecule has 0 aliphatic carbocycles. The first-order chi connectivity index (χ1) is 5.69. The quantitative estimate of drug-likeness (QED) is 0.527. The highest BCUT2D eigenvalue weighted by Crippen LogP contribution is 2.22. The van der Waals surface area contributed by atoms with Crippen molar-refractivity contribution in [2.45, 2.75) is 37.3 Å². The van der Waals surface area contributed by atoms with Crippen molar-refractivity contribution in [2.24, 2.45) is 0 Å². The van der Waals surface area contributed by atoms with Gasteiger partial charge < -0.3 is 19.7 Å². The van der Waals surface area contributed by atoms with E-state index in [9.17, 15) is 10.2 Å². The summed E-state index contributed by atoms with van der Waals surface area (Å²) in [7, 11) is 6.81. The maximum Gasteiger partial charge on any atom is 0.160 e.